The fourth-order valence-electron chi connectivity index (χ4n) is 4.48. The Balaban J connectivity index is 1.92. The molecule has 4 rings (SSSR count). The van der Waals surface area contributed by atoms with Crippen LogP contribution >= 0.6 is 11.6 Å². The van der Waals surface area contributed by atoms with Crippen LogP contribution < -0.4 is 17.3 Å². The minimum Gasteiger partial charge on any atom is -0.404 e. The first-order chi connectivity index (χ1) is 17.9. The molecule has 0 atom stereocenters. The lowest BCUT2D eigenvalue weighted by Crippen LogP contribution is -2.15. The van der Waals surface area contributed by atoms with Crippen LogP contribution in [-0.4, -0.2) is 12.1 Å². The highest BCUT2D eigenvalue weighted by Crippen LogP contribution is 2.46. The summed E-state index contributed by atoms with van der Waals surface area (Å²) in [4.78, 5) is 0. The maximum Gasteiger partial charge on any atom is 0.142 e. The zero-order chi connectivity index (χ0) is 26.4. The second-order valence-corrected chi connectivity index (χ2v) is 9.30. The number of amidine groups is 1. The van der Waals surface area contributed by atoms with Gasteiger partial charge in [-0.25, -0.2) is 4.39 Å². The van der Waals surface area contributed by atoms with Gasteiger partial charge in [-0.05, 0) is 75.9 Å². The fourth-order valence-corrected chi connectivity index (χ4v) is 4.75. The van der Waals surface area contributed by atoms with E-state index in [1.165, 1.54) is 24.5 Å². The Morgan fingerprint density at radius 3 is 2.11 bits per heavy atom. The van der Waals surface area contributed by atoms with Crippen LogP contribution in [0.2, 0.25) is 5.02 Å². The quantitative estimate of drug-likeness (QED) is 0.0914. The van der Waals surface area contributed by atoms with Gasteiger partial charge in [0.15, 0.2) is 0 Å². The molecule has 3 aromatic rings. The van der Waals surface area contributed by atoms with Crippen molar-refractivity contribution < 1.29 is 4.39 Å². The van der Waals surface area contributed by atoms with Gasteiger partial charge in [-0.3, -0.25) is 0 Å². The first-order valence-electron chi connectivity index (χ1n) is 12.0. The van der Waals surface area contributed by atoms with Crippen molar-refractivity contribution in [3.63, 3.8) is 0 Å². The molecule has 1 aliphatic rings. The molecule has 3 aromatic carbocycles. The molecule has 0 heterocycles. The van der Waals surface area contributed by atoms with Crippen molar-refractivity contribution in [2.75, 3.05) is 0 Å². The molecule has 1 saturated carbocycles. The van der Waals surface area contributed by atoms with Crippen LogP contribution in [0.15, 0.2) is 84.1 Å². The van der Waals surface area contributed by atoms with Gasteiger partial charge >= 0.3 is 0 Å². The highest BCUT2D eigenvalue weighted by atomic mass is 35.5. The van der Waals surface area contributed by atoms with Crippen molar-refractivity contribution in [1.29, 1.82) is 5.41 Å². The Hall–Kier alpha value is -4.16. The molecule has 0 spiro atoms. The zero-order valence-corrected chi connectivity index (χ0v) is 21.1. The highest BCUT2D eigenvalue weighted by Gasteiger charge is 2.28. The molecular weight excluding hydrogens is 485 g/mol. The zero-order valence-electron chi connectivity index (χ0n) is 20.3. The second-order valence-electron chi connectivity index (χ2n) is 8.89. The number of benzene rings is 3. The third kappa shape index (κ3) is 5.81. The predicted molar refractivity (Wildman–Crippen MR) is 153 cm³/mol. The van der Waals surface area contributed by atoms with E-state index in [-0.39, 0.29) is 11.7 Å². The monoisotopic (exact) mass is 513 g/mol. The van der Waals surface area contributed by atoms with Crippen LogP contribution in [0.3, 0.4) is 0 Å². The summed E-state index contributed by atoms with van der Waals surface area (Å²) in [6, 6.07) is 20.7. The molecule has 0 bridgehead atoms. The topological polar surface area (TPSA) is 114 Å². The van der Waals surface area contributed by atoms with Crippen molar-refractivity contribution in [2.24, 2.45) is 28.3 Å². The lowest BCUT2D eigenvalue weighted by molar-refractivity contribution is 0.401. The predicted octanol–water partition coefficient (Wildman–Crippen LogP) is 6.43. The normalized spacial score (nSPS) is 15.4. The summed E-state index contributed by atoms with van der Waals surface area (Å²) in [5.41, 5.74) is 18.8. The Labute approximate surface area is 221 Å². The smallest absolute Gasteiger partial charge is 0.142 e. The fraction of sp³-hybridized carbons (Fsp3) is 0.133. The molecule has 0 aromatic heterocycles. The summed E-state index contributed by atoms with van der Waals surface area (Å²) in [6.07, 6.45) is 9.36. The molecule has 0 amide bonds. The van der Waals surface area contributed by atoms with Gasteiger partial charge < -0.3 is 22.7 Å². The summed E-state index contributed by atoms with van der Waals surface area (Å²) in [6.45, 7) is 0. The largest absolute Gasteiger partial charge is 0.404 e. The van der Waals surface area contributed by atoms with E-state index < -0.39 is 0 Å². The van der Waals surface area contributed by atoms with Crippen LogP contribution in [0.1, 0.15) is 47.1 Å². The van der Waals surface area contributed by atoms with Gasteiger partial charge in [-0.2, -0.15) is 5.10 Å². The summed E-state index contributed by atoms with van der Waals surface area (Å²) in [5.74, 6) is 5.39. The number of rotatable bonds is 8. The Morgan fingerprint density at radius 2 is 1.59 bits per heavy atom. The maximum atomic E-state index is 14.0. The van der Waals surface area contributed by atoms with E-state index in [2.05, 4.69) is 17.2 Å². The van der Waals surface area contributed by atoms with E-state index in [1.807, 2.05) is 42.5 Å². The van der Waals surface area contributed by atoms with E-state index in [4.69, 9.17) is 34.3 Å². The molecule has 0 aliphatic heterocycles. The van der Waals surface area contributed by atoms with Crippen LogP contribution in [-0.2, 0) is 0 Å². The number of hydrogen-bond donors (Lipinski definition) is 4. The van der Waals surface area contributed by atoms with Crippen LogP contribution in [0, 0.1) is 17.1 Å². The Morgan fingerprint density at radius 1 is 0.973 bits per heavy atom. The van der Waals surface area contributed by atoms with Gasteiger partial charge in [0.25, 0.3) is 0 Å². The van der Waals surface area contributed by atoms with Gasteiger partial charge in [0.2, 0.25) is 0 Å². The number of nitrogens with one attached hydrogen (secondary N) is 1. The molecule has 7 N–H and O–H groups in total. The molecule has 1 aliphatic carbocycles. The van der Waals surface area contributed by atoms with E-state index >= 15 is 0 Å². The van der Waals surface area contributed by atoms with Crippen LogP contribution in [0.5, 0.6) is 0 Å². The second kappa shape index (κ2) is 11.7. The van der Waals surface area contributed by atoms with Crippen LogP contribution in [0.25, 0.3) is 22.8 Å². The number of hydrogen-bond acceptors (Lipinski definition) is 4. The van der Waals surface area contributed by atoms with Crippen molar-refractivity contribution in [3.05, 3.63) is 118 Å². The van der Waals surface area contributed by atoms with Gasteiger partial charge in [-0.1, -0.05) is 78.7 Å². The van der Waals surface area contributed by atoms with Gasteiger partial charge in [0.05, 0.1) is 5.02 Å². The van der Waals surface area contributed by atoms with Crippen molar-refractivity contribution in [3.8, 4) is 0 Å². The number of allylic oxidation sites excluding steroid dienone is 2. The molecule has 188 valence electrons. The number of halogens is 2. The lowest BCUT2D eigenvalue weighted by atomic mass is 9.73. The Kier molecular flexibility index (Phi) is 8.21. The van der Waals surface area contributed by atoms with Gasteiger partial charge in [0.1, 0.15) is 11.7 Å². The average Bonchev–Trinajstić information content (AvgIpc) is 2.88. The van der Waals surface area contributed by atoms with Crippen LogP contribution in [0.4, 0.5) is 4.39 Å². The Bertz CT molecular complexity index is 1400. The van der Waals surface area contributed by atoms with E-state index in [0.29, 0.717) is 16.5 Å². The van der Waals surface area contributed by atoms with Crippen molar-refractivity contribution in [1.82, 2.24) is 0 Å². The average molecular weight is 514 g/mol. The number of nitrogens with two attached hydrogens (primary N) is 3. The third-order valence-corrected chi connectivity index (χ3v) is 6.95. The minimum atomic E-state index is -0.364. The van der Waals surface area contributed by atoms with E-state index in [9.17, 15) is 4.39 Å². The molecule has 0 saturated heterocycles. The highest BCUT2D eigenvalue weighted by molar-refractivity contribution is 6.32. The van der Waals surface area contributed by atoms with Gasteiger partial charge in [-0.15, -0.1) is 0 Å². The summed E-state index contributed by atoms with van der Waals surface area (Å²) in [5, 5.41) is 11.5. The molecule has 0 unspecified atom stereocenters. The molecule has 0 radical (unpaired) electrons. The summed E-state index contributed by atoms with van der Waals surface area (Å²) in [7, 11) is 0. The third-order valence-electron chi connectivity index (χ3n) is 6.64. The van der Waals surface area contributed by atoms with E-state index in [1.54, 1.807) is 12.1 Å². The molecule has 7 heteroatoms. The maximum absolute atomic E-state index is 14.0. The van der Waals surface area contributed by atoms with Crippen molar-refractivity contribution >= 4 is 46.4 Å². The SMILES string of the molecule is N=C/C(=C\N)c1ccc(/C(=C(/c2ccc(F)cc2Cl)C2CCC2)c2ccc(/C=C/C(N)=N/N)cc2)cc1. The molecule has 1 fully saturated rings. The van der Waals surface area contributed by atoms with Crippen molar-refractivity contribution in [2.45, 2.75) is 19.3 Å². The summed E-state index contributed by atoms with van der Waals surface area (Å²) < 4.78 is 14.0. The number of nitrogens with zero attached hydrogens (tertiary/aromatic N) is 1. The van der Waals surface area contributed by atoms with E-state index in [0.717, 1.165) is 58.2 Å². The molecular formula is C30H29ClFN5. The summed E-state index contributed by atoms with van der Waals surface area (Å²) >= 11 is 6.62. The molecule has 37 heavy (non-hydrogen) atoms. The van der Waals surface area contributed by atoms with Gasteiger partial charge in [0, 0.05) is 18.0 Å². The lowest BCUT2D eigenvalue weighted by Gasteiger charge is -2.32. The standard InChI is InChI=1S/C30H29ClFN5/c31-27-16-25(32)13-14-26(27)30(21-2-1-3-21)29(23-11-9-20(10-12-23)24(17-33)18-34)22-7-4-19(5-8-22)6-15-28(35)37-36/h4-18,21,33H,1-3,34,36H2,(H2,35,37)/b15-6+,24-18+,30-29+,33-17?. The minimum absolute atomic E-state index is 0.235. The number of hydrazone groups is 1. The molecule has 5 nitrogen and oxygen atoms in total. The first-order valence-corrected chi connectivity index (χ1v) is 12.4. The first kappa shape index (κ1) is 25.9.